The van der Waals surface area contributed by atoms with Crippen molar-refractivity contribution in [3.63, 3.8) is 0 Å². The van der Waals surface area contributed by atoms with Crippen molar-refractivity contribution in [2.45, 2.75) is 17.4 Å². The number of carboxylic acid groups (broad SMARTS) is 1. The standard InChI is InChI=1S/C25H23N3O5S/c29-24(30)18-14-21(33-16-18)15-26-25(31)27-19-10-12-20(13-11-19)28-34(32)23-9-5-4-8-22(23)17-6-2-1-3-7-17/h1-13,16,21,28H,14-15H2,(H,29,30)(H2,26,27,31). The fraction of sp³-hybridized carbons (Fsp3) is 0.120. The predicted octanol–water partition coefficient (Wildman–Crippen LogP) is 4.37. The minimum atomic E-state index is -1.49. The second-order valence-corrected chi connectivity index (χ2v) is 8.74. The summed E-state index contributed by atoms with van der Waals surface area (Å²) in [5.74, 6) is -1.02. The first-order valence-corrected chi connectivity index (χ1v) is 11.7. The lowest BCUT2D eigenvalue weighted by Crippen LogP contribution is -2.35. The fourth-order valence-electron chi connectivity index (χ4n) is 3.43. The van der Waals surface area contributed by atoms with E-state index in [1.807, 2.05) is 54.6 Å². The van der Waals surface area contributed by atoms with E-state index in [0.717, 1.165) is 11.1 Å². The molecule has 3 aromatic carbocycles. The number of carbonyl (C=O) groups is 2. The lowest BCUT2D eigenvalue weighted by Gasteiger charge is -2.15. The zero-order valence-corrected chi connectivity index (χ0v) is 18.9. The number of amides is 2. The normalized spacial score (nSPS) is 15.6. The molecule has 4 N–H and O–H groups in total. The van der Waals surface area contributed by atoms with Gasteiger partial charge in [0.25, 0.3) is 0 Å². The van der Waals surface area contributed by atoms with Crippen LogP contribution in [0.25, 0.3) is 11.1 Å². The number of benzene rings is 3. The van der Waals surface area contributed by atoms with Gasteiger partial charge in [-0.25, -0.2) is 14.3 Å². The van der Waals surface area contributed by atoms with Gasteiger partial charge >= 0.3 is 12.0 Å². The number of hydrogen-bond donors (Lipinski definition) is 4. The van der Waals surface area contributed by atoms with Gasteiger partial charge in [0.05, 0.1) is 24.1 Å². The van der Waals surface area contributed by atoms with Crippen LogP contribution in [0.5, 0.6) is 0 Å². The third kappa shape index (κ3) is 5.89. The molecule has 0 saturated heterocycles. The van der Waals surface area contributed by atoms with Crippen LogP contribution in [-0.4, -0.2) is 34.3 Å². The van der Waals surface area contributed by atoms with E-state index in [0.29, 0.717) is 16.3 Å². The van der Waals surface area contributed by atoms with E-state index >= 15 is 0 Å². The Hall–Kier alpha value is -3.95. The lowest BCUT2D eigenvalue weighted by molar-refractivity contribution is -0.132. The van der Waals surface area contributed by atoms with Crippen molar-refractivity contribution < 1.29 is 24.0 Å². The minimum Gasteiger partial charge on any atom is -0.588 e. The first-order chi connectivity index (χ1) is 16.5. The monoisotopic (exact) mass is 477 g/mol. The molecule has 8 nitrogen and oxygen atoms in total. The Balaban J connectivity index is 1.30. The summed E-state index contributed by atoms with van der Waals surface area (Å²) in [4.78, 5) is 23.7. The van der Waals surface area contributed by atoms with Gasteiger partial charge in [-0.1, -0.05) is 42.5 Å². The van der Waals surface area contributed by atoms with Crippen molar-refractivity contribution in [1.82, 2.24) is 5.32 Å². The van der Waals surface area contributed by atoms with E-state index in [9.17, 15) is 14.1 Å². The van der Waals surface area contributed by atoms with E-state index in [1.54, 1.807) is 24.3 Å². The number of hydrogen-bond acceptors (Lipinski definition) is 5. The van der Waals surface area contributed by atoms with Crippen LogP contribution in [0.3, 0.4) is 0 Å². The molecule has 1 aliphatic rings. The number of aliphatic carboxylic acids is 1. The van der Waals surface area contributed by atoms with Gasteiger partial charge in [0.1, 0.15) is 17.5 Å². The molecule has 9 heteroatoms. The lowest BCUT2D eigenvalue weighted by atomic mass is 10.1. The maximum absolute atomic E-state index is 13.0. The molecule has 0 spiro atoms. The molecule has 3 aromatic rings. The van der Waals surface area contributed by atoms with Gasteiger partial charge in [-0.2, -0.15) is 0 Å². The molecule has 0 saturated carbocycles. The highest BCUT2D eigenvalue weighted by Gasteiger charge is 2.23. The number of carboxylic acids is 1. The smallest absolute Gasteiger partial charge is 0.334 e. The molecule has 2 amide bonds. The third-order valence-electron chi connectivity index (χ3n) is 5.14. The quantitative estimate of drug-likeness (QED) is 0.358. The molecule has 0 radical (unpaired) electrons. The largest absolute Gasteiger partial charge is 0.588 e. The van der Waals surface area contributed by atoms with Crippen molar-refractivity contribution >= 4 is 34.7 Å². The van der Waals surface area contributed by atoms with Crippen molar-refractivity contribution in [1.29, 1.82) is 0 Å². The maximum Gasteiger partial charge on any atom is 0.334 e. The minimum absolute atomic E-state index is 0.179. The van der Waals surface area contributed by atoms with Gasteiger partial charge in [0.15, 0.2) is 4.90 Å². The highest BCUT2D eigenvalue weighted by atomic mass is 32.2. The summed E-state index contributed by atoms with van der Waals surface area (Å²) in [6, 6.07) is 23.7. The van der Waals surface area contributed by atoms with Crippen molar-refractivity contribution in [3.8, 4) is 11.1 Å². The number of nitrogens with one attached hydrogen (secondary N) is 3. The molecular weight excluding hydrogens is 454 g/mol. The highest BCUT2D eigenvalue weighted by Crippen LogP contribution is 2.28. The molecule has 0 fully saturated rings. The average Bonchev–Trinajstić information content (AvgIpc) is 3.34. The number of carbonyl (C=O) groups excluding carboxylic acids is 1. The molecule has 174 valence electrons. The van der Waals surface area contributed by atoms with Crippen LogP contribution in [0.1, 0.15) is 6.42 Å². The van der Waals surface area contributed by atoms with Gasteiger partial charge in [0.2, 0.25) is 0 Å². The molecule has 0 aliphatic carbocycles. The SMILES string of the molecule is O=C(NCC1CC(C(=O)O)=CO1)Nc1ccc(N[S+]([O-])c2ccccc2-c2ccccc2)cc1. The Morgan fingerprint density at radius 3 is 2.35 bits per heavy atom. The Morgan fingerprint density at radius 1 is 0.971 bits per heavy atom. The first-order valence-electron chi connectivity index (χ1n) is 10.5. The first kappa shape index (κ1) is 23.2. The fourth-order valence-corrected chi connectivity index (χ4v) is 4.48. The summed E-state index contributed by atoms with van der Waals surface area (Å²) in [5, 5.41) is 14.3. The number of rotatable bonds is 8. The summed E-state index contributed by atoms with van der Waals surface area (Å²) in [5.41, 5.74) is 3.24. The van der Waals surface area contributed by atoms with Gasteiger partial charge in [-0.15, -0.1) is 0 Å². The van der Waals surface area contributed by atoms with E-state index in [4.69, 9.17) is 9.84 Å². The maximum atomic E-state index is 13.0. The number of anilines is 2. The molecule has 0 aromatic heterocycles. The molecular formula is C25H23N3O5S. The van der Waals surface area contributed by atoms with Crippen LogP contribution >= 0.6 is 0 Å². The van der Waals surface area contributed by atoms with Gasteiger partial charge in [-0.05, 0) is 42.0 Å². The predicted molar refractivity (Wildman–Crippen MR) is 131 cm³/mol. The second kappa shape index (κ2) is 10.8. The van der Waals surface area contributed by atoms with Crippen LogP contribution in [-0.2, 0) is 20.9 Å². The summed E-state index contributed by atoms with van der Waals surface area (Å²) in [6.45, 7) is 0.179. The topological polar surface area (TPSA) is 123 Å². The number of urea groups is 1. The summed E-state index contributed by atoms with van der Waals surface area (Å²) in [6.07, 6.45) is 1.04. The Labute approximate surface area is 200 Å². The molecule has 2 atom stereocenters. The van der Waals surface area contributed by atoms with E-state index in [-0.39, 0.29) is 18.5 Å². The zero-order chi connectivity index (χ0) is 23.9. The van der Waals surface area contributed by atoms with Gasteiger partial charge < -0.3 is 25.0 Å². The Morgan fingerprint density at radius 2 is 1.65 bits per heavy atom. The Kier molecular flexibility index (Phi) is 7.36. The van der Waals surface area contributed by atoms with Crippen LogP contribution in [0.4, 0.5) is 16.2 Å². The van der Waals surface area contributed by atoms with Crippen molar-refractivity contribution in [2.24, 2.45) is 0 Å². The van der Waals surface area contributed by atoms with Crippen molar-refractivity contribution in [3.05, 3.63) is 90.7 Å². The molecule has 1 aliphatic heterocycles. The van der Waals surface area contributed by atoms with Crippen LogP contribution in [0, 0.1) is 0 Å². The second-order valence-electron chi connectivity index (χ2n) is 7.56. The summed E-state index contributed by atoms with van der Waals surface area (Å²) >= 11 is -1.49. The molecule has 4 rings (SSSR count). The van der Waals surface area contributed by atoms with E-state index in [1.165, 1.54) is 6.26 Å². The molecule has 2 unspecified atom stereocenters. The molecule has 34 heavy (non-hydrogen) atoms. The van der Waals surface area contributed by atoms with Crippen LogP contribution in [0.15, 0.2) is 95.6 Å². The van der Waals surface area contributed by atoms with Crippen LogP contribution in [0.2, 0.25) is 0 Å². The van der Waals surface area contributed by atoms with Gasteiger partial charge in [0, 0.05) is 17.7 Å². The molecule has 0 bridgehead atoms. The summed E-state index contributed by atoms with van der Waals surface area (Å²) < 4.78 is 21.2. The van der Waals surface area contributed by atoms with E-state index in [2.05, 4.69) is 15.4 Å². The zero-order valence-electron chi connectivity index (χ0n) is 18.1. The average molecular weight is 478 g/mol. The highest BCUT2D eigenvalue weighted by molar-refractivity contribution is 7.92. The van der Waals surface area contributed by atoms with Gasteiger partial charge in [-0.3, -0.25) is 0 Å². The molecule has 1 heterocycles. The van der Waals surface area contributed by atoms with Crippen LogP contribution < -0.4 is 15.4 Å². The third-order valence-corrected chi connectivity index (χ3v) is 6.32. The van der Waals surface area contributed by atoms with E-state index < -0.39 is 29.5 Å². The van der Waals surface area contributed by atoms with Crippen molar-refractivity contribution in [2.75, 3.05) is 16.6 Å². The number of ether oxygens (including phenoxy) is 1. The summed E-state index contributed by atoms with van der Waals surface area (Å²) in [7, 11) is 0. The Bertz CT molecular complexity index is 1180.